The molecule has 0 spiro atoms. The van der Waals surface area contributed by atoms with Crippen LogP contribution in [0.4, 0.5) is 24.5 Å². The van der Waals surface area contributed by atoms with Gasteiger partial charge in [-0.25, -0.2) is 13.2 Å². The molecule has 2 amide bonds. The molecule has 2 aromatic carbocycles. The fourth-order valence-electron chi connectivity index (χ4n) is 2.78. The van der Waals surface area contributed by atoms with Gasteiger partial charge in [0.25, 0.3) is 0 Å². The van der Waals surface area contributed by atoms with Crippen LogP contribution in [-0.2, 0) is 9.59 Å². The molecule has 27 heavy (non-hydrogen) atoms. The van der Waals surface area contributed by atoms with Crippen molar-refractivity contribution in [2.45, 2.75) is 0 Å². The highest BCUT2D eigenvalue weighted by Crippen LogP contribution is 2.22. The average molecular weight is 398 g/mol. The Hall–Kier alpha value is -2.74. The average Bonchev–Trinajstić information content (AvgIpc) is 2.68. The molecule has 142 valence electrons. The molecular weight excluding hydrogens is 383 g/mol. The van der Waals surface area contributed by atoms with Crippen LogP contribution in [0, 0.1) is 17.5 Å². The van der Waals surface area contributed by atoms with E-state index in [4.69, 9.17) is 11.6 Å². The maximum Gasteiger partial charge on any atom is 0.313 e. The Bertz CT molecular complexity index is 886. The maximum absolute atomic E-state index is 13.6. The van der Waals surface area contributed by atoms with Gasteiger partial charge in [0.15, 0.2) is 17.5 Å². The van der Waals surface area contributed by atoms with Gasteiger partial charge in [0, 0.05) is 36.9 Å². The van der Waals surface area contributed by atoms with Crippen molar-refractivity contribution in [1.29, 1.82) is 0 Å². The van der Waals surface area contributed by atoms with Crippen molar-refractivity contribution >= 4 is 34.8 Å². The summed E-state index contributed by atoms with van der Waals surface area (Å²) in [6.45, 7) is 1.52. The van der Waals surface area contributed by atoms with Crippen LogP contribution in [0.15, 0.2) is 36.4 Å². The molecule has 5 nitrogen and oxygen atoms in total. The number of nitrogens with zero attached hydrogens (tertiary/aromatic N) is 2. The predicted molar refractivity (Wildman–Crippen MR) is 95.2 cm³/mol. The molecule has 1 fully saturated rings. The summed E-state index contributed by atoms with van der Waals surface area (Å²) in [6, 6.07) is 8.80. The summed E-state index contributed by atoms with van der Waals surface area (Å²) in [6.07, 6.45) is 0. The number of halogens is 4. The molecule has 1 N–H and O–H groups in total. The van der Waals surface area contributed by atoms with Gasteiger partial charge in [0.1, 0.15) is 0 Å². The van der Waals surface area contributed by atoms with Crippen molar-refractivity contribution in [3.63, 3.8) is 0 Å². The molecule has 0 unspecified atom stereocenters. The van der Waals surface area contributed by atoms with Crippen molar-refractivity contribution in [2.24, 2.45) is 0 Å². The Kier molecular flexibility index (Phi) is 5.55. The van der Waals surface area contributed by atoms with Gasteiger partial charge < -0.3 is 15.1 Å². The van der Waals surface area contributed by atoms with E-state index in [-0.39, 0.29) is 13.1 Å². The van der Waals surface area contributed by atoms with Crippen molar-refractivity contribution in [1.82, 2.24) is 4.90 Å². The molecule has 2 aromatic rings. The van der Waals surface area contributed by atoms with Gasteiger partial charge in [-0.05, 0) is 30.3 Å². The number of anilines is 2. The Morgan fingerprint density at radius 2 is 1.67 bits per heavy atom. The lowest BCUT2D eigenvalue weighted by atomic mass is 10.2. The molecule has 0 aliphatic carbocycles. The van der Waals surface area contributed by atoms with Crippen molar-refractivity contribution in [3.8, 4) is 0 Å². The van der Waals surface area contributed by atoms with E-state index in [0.717, 1.165) is 11.8 Å². The van der Waals surface area contributed by atoms with Crippen LogP contribution in [0.1, 0.15) is 0 Å². The largest absolute Gasteiger partial charge is 0.368 e. The van der Waals surface area contributed by atoms with Gasteiger partial charge in [-0.1, -0.05) is 17.7 Å². The van der Waals surface area contributed by atoms with E-state index in [1.807, 2.05) is 22.3 Å². The molecule has 0 radical (unpaired) electrons. The van der Waals surface area contributed by atoms with E-state index >= 15 is 0 Å². The van der Waals surface area contributed by atoms with Crippen molar-refractivity contribution < 1.29 is 22.8 Å². The number of amides is 2. The Balaban J connectivity index is 1.60. The first-order chi connectivity index (χ1) is 12.9. The minimum Gasteiger partial charge on any atom is -0.368 e. The van der Waals surface area contributed by atoms with Crippen LogP contribution in [0.3, 0.4) is 0 Å². The van der Waals surface area contributed by atoms with Crippen LogP contribution >= 0.6 is 11.6 Å². The third kappa shape index (κ3) is 4.16. The molecule has 1 saturated heterocycles. The number of rotatable bonds is 2. The van der Waals surface area contributed by atoms with E-state index in [9.17, 15) is 22.8 Å². The first-order valence-electron chi connectivity index (χ1n) is 8.11. The topological polar surface area (TPSA) is 52.7 Å². The SMILES string of the molecule is O=C(Nc1ccc(F)c(F)c1F)C(=O)N1CCN(c2cccc(Cl)c2)CC1. The standard InChI is InChI=1S/C18H15ClF3N3O2/c19-11-2-1-3-12(10-11)24-6-8-25(9-7-24)18(27)17(26)23-14-5-4-13(20)15(21)16(14)22/h1-5,10H,6-9H2,(H,23,26). The number of carbonyl (C=O) groups excluding carboxylic acids is 2. The third-order valence-corrected chi connectivity index (χ3v) is 4.45. The summed E-state index contributed by atoms with van der Waals surface area (Å²) in [4.78, 5) is 27.6. The lowest BCUT2D eigenvalue weighted by molar-refractivity contribution is -0.143. The molecule has 1 aliphatic rings. The first-order valence-corrected chi connectivity index (χ1v) is 8.49. The van der Waals surface area contributed by atoms with E-state index in [1.54, 1.807) is 12.1 Å². The molecule has 1 heterocycles. The van der Waals surface area contributed by atoms with Crippen molar-refractivity contribution in [3.05, 3.63) is 58.9 Å². The second-order valence-electron chi connectivity index (χ2n) is 5.94. The summed E-state index contributed by atoms with van der Waals surface area (Å²) in [7, 11) is 0. The van der Waals surface area contributed by atoms with Gasteiger partial charge in [0.2, 0.25) is 0 Å². The van der Waals surface area contributed by atoms with Gasteiger partial charge in [0.05, 0.1) is 5.69 Å². The maximum atomic E-state index is 13.6. The highest BCUT2D eigenvalue weighted by atomic mass is 35.5. The van der Waals surface area contributed by atoms with Gasteiger partial charge in [-0.3, -0.25) is 9.59 Å². The van der Waals surface area contributed by atoms with Crippen LogP contribution in [0.5, 0.6) is 0 Å². The fraction of sp³-hybridized carbons (Fsp3) is 0.222. The minimum absolute atomic E-state index is 0.277. The molecule has 0 atom stereocenters. The van der Waals surface area contributed by atoms with Crippen LogP contribution < -0.4 is 10.2 Å². The normalized spacial score (nSPS) is 14.2. The highest BCUT2D eigenvalue weighted by molar-refractivity contribution is 6.39. The van der Waals surface area contributed by atoms with Gasteiger partial charge in [-0.15, -0.1) is 0 Å². The smallest absolute Gasteiger partial charge is 0.313 e. The molecular formula is C18H15ClF3N3O2. The van der Waals surface area contributed by atoms with E-state index in [0.29, 0.717) is 24.2 Å². The Morgan fingerprint density at radius 1 is 0.963 bits per heavy atom. The zero-order chi connectivity index (χ0) is 19.6. The molecule has 0 saturated carbocycles. The predicted octanol–water partition coefficient (Wildman–Crippen LogP) is 3.04. The number of benzene rings is 2. The molecule has 3 rings (SSSR count). The number of piperazine rings is 1. The monoisotopic (exact) mass is 397 g/mol. The third-order valence-electron chi connectivity index (χ3n) is 4.22. The zero-order valence-corrected chi connectivity index (χ0v) is 14.8. The number of hydrogen-bond acceptors (Lipinski definition) is 3. The lowest BCUT2D eigenvalue weighted by Gasteiger charge is -2.35. The van der Waals surface area contributed by atoms with E-state index in [1.165, 1.54) is 4.90 Å². The number of nitrogens with one attached hydrogen (secondary N) is 1. The van der Waals surface area contributed by atoms with Crippen LogP contribution in [0.25, 0.3) is 0 Å². The summed E-state index contributed by atoms with van der Waals surface area (Å²) >= 11 is 5.97. The highest BCUT2D eigenvalue weighted by Gasteiger charge is 2.27. The van der Waals surface area contributed by atoms with Gasteiger partial charge in [-0.2, -0.15) is 0 Å². The summed E-state index contributed by atoms with van der Waals surface area (Å²) in [5, 5.41) is 2.58. The summed E-state index contributed by atoms with van der Waals surface area (Å²) < 4.78 is 39.8. The van der Waals surface area contributed by atoms with Crippen LogP contribution in [-0.4, -0.2) is 42.9 Å². The molecule has 1 aliphatic heterocycles. The van der Waals surface area contributed by atoms with Crippen molar-refractivity contribution in [2.75, 3.05) is 36.4 Å². The van der Waals surface area contributed by atoms with Gasteiger partial charge >= 0.3 is 11.8 Å². The zero-order valence-electron chi connectivity index (χ0n) is 14.0. The van der Waals surface area contributed by atoms with E-state index < -0.39 is 35.0 Å². The molecule has 0 aromatic heterocycles. The quantitative estimate of drug-likeness (QED) is 0.626. The lowest BCUT2D eigenvalue weighted by Crippen LogP contribution is -2.51. The number of carbonyl (C=O) groups is 2. The fourth-order valence-corrected chi connectivity index (χ4v) is 2.97. The van der Waals surface area contributed by atoms with E-state index in [2.05, 4.69) is 0 Å². The summed E-state index contributed by atoms with van der Waals surface area (Å²) in [5.74, 6) is -6.63. The second-order valence-corrected chi connectivity index (χ2v) is 6.37. The Labute approximate surface area is 158 Å². The minimum atomic E-state index is -1.71. The molecule has 9 heteroatoms. The number of hydrogen-bond donors (Lipinski definition) is 1. The Morgan fingerprint density at radius 3 is 2.33 bits per heavy atom. The first kappa shape index (κ1) is 19.0. The van der Waals surface area contributed by atoms with Crippen LogP contribution in [0.2, 0.25) is 5.02 Å². The second kappa shape index (κ2) is 7.87. The molecule has 0 bridgehead atoms. The summed E-state index contributed by atoms with van der Waals surface area (Å²) in [5.41, 5.74) is 0.313.